The number of carbonyl (C=O) groups is 1. The van der Waals surface area contributed by atoms with E-state index >= 15 is 0 Å². The molecular weight excluding hydrogens is 136 g/mol. The molecule has 0 aromatic carbocycles. The van der Waals surface area contributed by atoms with E-state index in [2.05, 4.69) is 6.58 Å². The number of carboxylic acids is 1. The van der Waals surface area contributed by atoms with Gasteiger partial charge < -0.3 is 5.11 Å². The van der Waals surface area contributed by atoms with E-state index in [9.17, 15) is 4.79 Å². The van der Waals surface area contributed by atoms with Gasteiger partial charge in [-0.05, 0) is 0 Å². The van der Waals surface area contributed by atoms with Crippen LogP contribution in [0.25, 0.3) is 0 Å². The van der Waals surface area contributed by atoms with Crippen molar-refractivity contribution in [1.82, 2.24) is 0 Å². The molecule has 1 rings (SSSR count). The average Bonchev–Trinajstić information content (AvgIpc) is 1.62. The van der Waals surface area contributed by atoms with Crippen molar-refractivity contribution < 1.29 is 9.90 Å². The van der Waals surface area contributed by atoms with E-state index in [4.69, 9.17) is 5.11 Å². The fourth-order valence-corrected chi connectivity index (χ4v) is 1.78. The van der Waals surface area contributed by atoms with Crippen LogP contribution in [0.5, 0.6) is 0 Å². The molecule has 0 radical (unpaired) electrons. The number of hydrogen-bond donors (Lipinski definition) is 1. The van der Waals surface area contributed by atoms with Crippen molar-refractivity contribution in [3.8, 4) is 0 Å². The van der Waals surface area contributed by atoms with Gasteiger partial charge >= 0.3 is 5.97 Å². The Kier molecular flexibility index (Phi) is 1.53. The lowest BCUT2D eigenvalue weighted by molar-refractivity contribution is -0.144. The summed E-state index contributed by atoms with van der Waals surface area (Å²) >= 11 is 1.64. The second-order valence-electron chi connectivity index (χ2n) is 2.16. The Morgan fingerprint density at radius 2 is 2.33 bits per heavy atom. The third-order valence-electron chi connectivity index (χ3n) is 1.54. The van der Waals surface area contributed by atoms with Crippen molar-refractivity contribution in [2.24, 2.45) is 5.41 Å². The summed E-state index contributed by atoms with van der Waals surface area (Å²) in [5.74, 6) is 0.633. The summed E-state index contributed by atoms with van der Waals surface area (Å²) in [6, 6.07) is 0. The Labute approximate surface area is 57.9 Å². The van der Waals surface area contributed by atoms with Crippen LogP contribution in [0.2, 0.25) is 0 Å². The van der Waals surface area contributed by atoms with Gasteiger partial charge in [0.25, 0.3) is 0 Å². The van der Waals surface area contributed by atoms with Crippen molar-refractivity contribution in [3.63, 3.8) is 0 Å². The molecule has 0 saturated carbocycles. The zero-order chi connectivity index (χ0) is 6.91. The molecule has 0 unspecified atom stereocenters. The molecule has 50 valence electrons. The summed E-state index contributed by atoms with van der Waals surface area (Å²) in [5, 5.41) is 8.60. The quantitative estimate of drug-likeness (QED) is 0.587. The van der Waals surface area contributed by atoms with Crippen LogP contribution >= 0.6 is 11.8 Å². The minimum absolute atomic E-state index is 0.593. The first-order chi connectivity index (χ1) is 4.21. The summed E-state index contributed by atoms with van der Waals surface area (Å²) in [6.07, 6.45) is 1.53. The van der Waals surface area contributed by atoms with Gasteiger partial charge in [0.2, 0.25) is 0 Å². The van der Waals surface area contributed by atoms with Crippen LogP contribution in [0.15, 0.2) is 12.7 Å². The van der Waals surface area contributed by atoms with E-state index < -0.39 is 11.4 Å². The number of hydrogen-bond acceptors (Lipinski definition) is 2. The third-order valence-corrected chi connectivity index (χ3v) is 2.97. The summed E-state index contributed by atoms with van der Waals surface area (Å²) in [7, 11) is 0. The Morgan fingerprint density at radius 1 is 1.78 bits per heavy atom. The molecule has 0 aliphatic carbocycles. The molecule has 0 amide bonds. The van der Waals surface area contributed by atoms with Crippen LogP contribution in [0.1, 0.15) is 0 Å². The summed E-state index contributed by atoms with van der Waals surface area (Å²) in [4.78, 5) is 10.4. The Balaban J connectivity index is 2.68. The molecular formula is C6H8O2S. The molecule has 1 aliphatic rings. The lowest BCUT2D eigenvalue weighted by Gasteiger charge is -2.33. The van der Waals surface area contributed by atoms with E-state index in [0.717, 1.165) is 0 Å². The van der Waals surface area contributed by atoms with E-state index in [1.807, 2.05) is 0 Å². The van der Waals surface area contributed by atoms with Crippen LogP contribution in [-0.4, -0.2) is 22.6 Å². The highest BCUT2D eigenvalue weighted by Crippen LogP contribution is 2.38. The second kappa shape index (κ2) is 2.06. The SMILES string of the molecule is C=CC1(C(=O)O)CSC1. The molecule has 1 heterocycles. The van der Waals surface area contributed by atoms with Crippen molar-refractivity contribution >= 4 is 17.7 Å². The first kappa shape index (κ1) is 6.68. The van der Waals surface area contributed by atoms with Gasteiger partial charge in [0, 0.05) is 11.5 Å². The predicted octanol–water partition coefficient (Wildman–Crippen LogP) is 0.990. The molecule has 1 aliphatic heterocycles. The molecule has 0 aromatic rings. The zero-order valence-electron chi connectivity index (χ0n) is 4.96. The molecule has 2 nitrogen and oxygen atoms in total. The van der Waals surface area contributed by atoms with Crippen LogP contribution in [0, 0.1) is 5.41 Å². The molecule has 1 fully saturated rings. The van der Waals surface area contributed by atoms with Gasteiger partial charge in [-0.3, -0.25) is 4.79 Å². The van der Waals surface area contributed by atoms with Crippen molar-refractivity contribution in [2.75, 3.05) is 11.5 Å². The Bertz CT molecular complexity index is 149. The highest BCUT2D eigenvalue weighted by atomic mass is 32.2. The van der Waals surface area contributed by atoms with Gasteiger partial charge in [0.1, 0.15) is 5.41 Å². The maximum atomic E-state index is 10.4. The molecule has 3 heteroatoms. The predicted molar refractivity (Wildman–Crippen MR) is 37.6 cm³/mol. The summed E-state index contributed by atoms with van der Waals surface area (Å²) in [5.41, 5.74) is -0.593. The average molecular weight is 144 g/mol. The maximum Gasteiger partial charge on any atom is 0.315 e. The molecule has 9 heavy (non-hydrogen) atoms. The van der Waals surface area contributed by atoms with Gasteiger partial charge in [-0.1, -0.05) is 6.08 Å². The highest BCUT2D eigenvalue weighted by molar-refractivity contribution is 8.00. The molecule has 0 spiro atoms. The smallest absolute Gasteiger partial charge is 0.315 e. The fraction of sp³-hybridized carbons (Fsp3) is 0.500. The van der Waals surface area contributed by atoms with Crippen LogP contribution in [0.4, 0.5) is 0 Å². The Morgan fingerprint density at radius 3 is 2.33 bits per heavy atom. The van der Waals surface area contributed by atoms with Crippen LogP contribution < -0.4 is 0 Å². The first-order valence-corrected chi connectivity index (χ1v) is 3.81. The molecule has 0 atom stereocenters. The minimum Gasteiger partial charge on any atom is -0.481 e. The summed E-state index contributed by atoms with van der Waals surface area (Å²) < 4.78 is 0. The van der Waals surface area contributed by atoms with Gasteiger partial charge in [0.05, 0.1) is 0 Å². The Hall–Kier alpha value is -0.440. The standard InChI is InChI=1S/C6H8O2S/c1-2-6(5(7)8)3-9-4-6/h2H,1,3-4H2,(H,7,8). The molecule has 0 bridgehead atoms. The van der Waals surface area contributed by atoms with E-state index in [-0.39, 0.29) is 0 Å². The second-order valence-corrected chi connectivity index (χ2v) is 3.14. The number of thioether (sulfide) groups is 1. The lowest BCUT2D eigenvalue weighted by atomic mass is 9.93. The molecule has 0 aromatic heterocycles. The van der Waals surface area contributed by atoms with Gasteiger partial charge in [-0.25, -0.2) is 0 Å². The normalized spacial score (nSPS) is 22.2. The van der Waals surface area contributed by atoms with Gasteiger partial charge in [-0.2, -0.15) is 11.8 Å². The van der Waals surface area contributed by atoms with Gasteiger partial charge in [-0.15, -0.1) is 6.58 Å². The molecule has 1 N–H and O–H groups in total. The lowest BCUT2D eigenvalue weighted by Crippen LogP contribution is -2.41. The first-order valence-electron chi connectivity index (χ1n) is 2.66. The van der Waals surface area contributed by atoms with E-state index in [1.54, 1.807) is 11.8 Å². The number of rotatable bonds is 2. The van der Waals surface area contributed by atoms with Crippen molar-refractivity contribution in [1.29, 1.82) is 0 Å². The zero-order valence-corrected chi connectivity index (χ0v) is 5.78. The van der Waals surface area contributed by atoms with Crippen LogP contribution in [-0.2, 0) is 4.79 Å². The third kappa shape index (κ3) is 0.852. The van der Waals surface area contributed by atoms with Crippen molar-refractivity contribution in [2.45, 2.75) is 0 Å². The minimum atomic E-state index is -0.740. The highest BCUT2D eigenvalue weighted by Gasteiger charge is 2.42. The van der Waals surface area contributed by atoms with E-state index in [1.165, 1.54) is 6.08 Å². The van der Waals surface area contributed by atoms with E-state index in [0.29, 0.717) is 11.5 Å². The largest absolute Gasteiger partial charge is 0.481 e. The van der Waals surface area contributed by atoms with Gasteiger partial charge in [0.15, 0.2) is 0 Å². The molecule has 1 saturated heterocycles. The monoisotopic (exact) mass is 144 g/mol. The van der Waals surface area contributed by atoms with Crippen molar-refractivity contribution in [3.05, 3.63) is 12.7 Å². The summed E-state index contributed by atoms with van der Waals surface area (Å²) in [6.45, 7) is 3.48. The maximum absolute atomic E-state index is 10.4. The van der Waals surface area contributed by atoms with Crippen LogP contribution in [0.3, 0.4) is 0 Å². The fourth-order valence-electron chi connectivity index (χ4n) is 0.651. The number of carboxylic acid groups (broad SMARTS) is 1. The number of aliphatic carboxylic acids is 1. The topological polar surface area (TPSA) is 37.3 Å².